The van der Waals surface area contributed by atoms with Crippen LogP contribution in [0.4, 0.5) is 5.95 Å². The second-order valence-corrected chi connectivity index (χ2v) is 6.34. The first-order chi connectivity index (χ1) is 9.31. The Morgan fingerprint density at radius 1 is 1.32 bits per heavy atom. The number of nitrogens with zero attached hydrogens (tertiary/aromatic N) is 3. The molecule has 3 heterocycles. The molecule has 1 aliphatic heterocycles. The number of fused-ring (bicyclic) bond motifs is 3. The highest BCUT2D eigenvalue weighted by Crippen LogP contribution is 2.35. The van der Waals surface area contributed by atoms with E-state index in [1.165, 1.54) is 12.8 Å². The Hall–Kier alpha value is -1.14. The molecular weight excluding hydrogens is 306 g/mol. The monoisotopic (exact) mass is 321 g/mol. The molecule has 2 aliphatic rings. The normalized spacial score (nSPS) is 29.8. The van der Waals surface area contributed by atoms with Gasteiger partial charge in [-0.05, 0) is 65.8 Å². The molecule has 2 fully saturated rings. The summed E-state index contributed by atoms with van der Waals surface area (Å²) in [6, 6.07) is 4.48. The van der Waals surface area contributed by atoms with Gasteiger partial charge in [0, 0.05) is 12.2 Å². The van der Waals surface area contributed by atoms with Gasteiger partial charge in [-0.25, -0.2) is 4.52 Å². The van der Waals surface area contributed by atoms with Crippen LogP contribution < -0.4 is 10.6 Å². The van der Waals surface area contributed by atoms with E-state index < -0.39 is 0 Å². The minimum absolute atomic E-state index is 0.525. The summed E-state index contributed by atoms with van der Waals surface area (Å²) in [7, 11) is 0. The standard InChI is InChI=1S/C13H16BrN5/c14-10-2-1-5-19-12(10)17-13(18-19)16-11-8-3-4-9(11)7-15-6-8/h1-2,5,8-9,11,15H,3-4,6-7H2,(H,16,18)/t8-,9?,11-/m0/s1. The molecule has 2 aromatic rings. The Kier molecular flexibility index (Phi) is 2.73. The summed E-state index contributed by atoms with van der Waals surface area (Å²) in [5.41, 5.74) is 0.867. The number of nitrogens with one attached hydrogen (secondary N) is 2. The van der Waals surface area contributed by atoms with Gasteiger partial charge in [-0.2, -0.15) is 4.98 Å². The van der Waals surface area contributed by atoms with Crippen LogP contribution >= 0.6 is 15.9 Å². The van der Waals surface area contributed by atoms with Gasteiger partial charge in [-0.1, -0.05) is 0 Å². The van der Waals surface area contributed by atoms with Crippen molar-refractivity contribution in [2.45, 2.75) is 18.9 Å². The molecule has 2 bridgehead atoms. The van der Waals surface area contributed by atoms with Crippen molar-refractivity contribution in [1.29, 1.82) is 0 Å². The number of halogens is 1. The van der Waals surface area contributed by atoms with Crippen molar-refractivity contribution in [1.82, 2.24) is 19.9 Å². The van der Waals surface area contributed by atoms with Crippen LogP contribution in [0.15, 0.2) is 22.8 Å². The summed E-state index contributed by atoms with van der Waals surface area (Å²) >= 11 is 3.51. The van der Waals surface area contributed by atoms with Gasteiger partial charge in [0.1, 0.15) is 0 Å². The first-order valence-corrected chi connectivity index (χ1v) is 7.59. The minimum atomic E-state index is 0.525. The maximum Gasteiger partial charge on any atom is 0.243 e. The second kappa shape index (κ2) is 4.45. The van der Waals surface area contributed by atoms with Crippen molar-refractivity contribution < 1.29 is 0 Å². The maximum absolute atomic E-state index is 4.58. The zero-order valence-corrected chi connectivity index (χ0v) is 12.1. The van der Waals surface area contributed by atoms with Crippen LogP contribution in [-0.4, -0.2) is 33.7 Å². The molecule has 0 spiro atoms. The van der Waals surface area contributed by atoms with Gasteiger partial charge in [0.15, 0.2) is 5.65 Å². The van der Waals surface area contributed by atoms with E-state index >= 15 is 0 Å². The number of pyridine rings is 1. The fraction of sp³-hybridized carbons (Fsp3) is 0.538. The Morgan fingerprint density at radius 2 is 2.11 bits per heavy atom. The van der Waals surface area contributed by atoms with Crippen LogP contribution in [-0.2, 0) is 0 Å². The summed E-state index contributed by atoms with van der Waals surface area (Å²) in [4.78, 5) is 4.58. The Bertz CT molecular complexity index is 594. The predicted molar refractivity (Wildman–Crippen MR) is 77.2 cm³/mol. The molecule has 0 aromatic carbocycles. The highest BCUT2D eigenvalue weighted by Gasteiger charge is 2.39. The zero-order valence-electron chi connectivity index (χ0n) is 10.5. The topological polar surface area (TPSA) is 54.2 Å². The van der Waals surface area contributed by atoms with Crippen LogP contribution in [0.5, 0.6) is 0 Å². The lowest BCUT2D eigenvalue weighted by atomic mass is 9.94. The van der Waals surface area contributed by atoms with Crippen LogP contribution in [0.2, 0.25) is 0 Å². The van der Waals surface area contributed by atoms with Gasteiger partial charge in [-0.3, -0.25) is 0 Å². The van der Waals surface area contributed by atoms with E-state index in [1.807, 2.05) is 22.8 Å². The third-order valence-corrected chi connectivity index (χ3v) is 4.97. The molecule has 19 heavy (non-hydrogen) atoms. The molecular formula is C13H16BrN5. The SMILES string of the molecule is Brc1cccn2nc(N[C@@H]3C4CC[C@H]3CNC4)nc12. The quantitative estimate of drug-likeness (QED) is 0.887. The van der Waals surface area contributed by atoms with Gasteiger partial charge in [0.25, 0.3) is 0 Å². The molecule has 1 unspecified atom stereocenters. The first-order valence-electron chi connectivity index (χ1n) is 6.79. The van der Waals surface area contributed by atoms with Crippen molar-refractivity contribution in [3.05, 3.63) is 22.8 Å². The van der Waals surface area contributed by atoms with E-state index in [4.69, 9.17) is 0 Å². The Morgan fingerprint density at radius 3 is 2.84 bits per heavy atom. The first kappa shape index (κ1) is 11.7. The Balaban J connectivity index is 1.63. The van der Waals surface area contributed by atoms with E-state index in [-0.39, 0.29) is 0 Å². The van der Waals surface area contributed by atoms with Gasteiger partial charge in [0.2, 0.25) is 5.95 Å². The molecule has 2 N–H and O–H groups in total. The van der Waals surface area contributed by atoms with Crippen molar-refractivity contribution in [2.24, 2.45) is 11.8 Å². The molecule has 1 saturated heterocycles. The van der Waals surface area contributed by atoms with Crippen molar-refractivity contribution >= 4 is 27.5 Å². The third-order valence-electron chi connectivity index (χ3n) is 4.35. The lowest BCUT2D eigenvalue weighted by molar-refractivity contribution is 0.341. The van der Waals surface area contributed by atoms with E-state index in [9.17, 15) is 0 Å². The summed E-state index contributed by atoms with van der Waals surface area (Å²) in [6.07, 6.45) is 4.55. The molecule has 1 aliphatic carbocycles. The smallest absolute Gasteiger partial charge is 0.243 e. The van der Waals surface area contributed by atoms with E-state index in [0.717, 1.165) is 29.2 Å². The summed E-state index contributed by atoms with van der Waals surface area (Å²) in [5.74, 6) is 2.18. The van der Waals surface area contributed by atoms with Crippen LogP contribution in [0.1, 0.15) is 12.8 Å². The summed E-state index contributed by atoms with van der Waals surface area (Å²) in [6.45, 7) is 2.23. The third kappa shape index (κ3) is 1.94. The average Bonchev–Trinajstić information content (AvgIpc) is 2.89. The van der Waals surface area contributed by atoms with E-state index in [2.05, 4.69) is 36.6 Å². The van der Waals surface area contributed by atoms with Gasteiger partial charge in [-0.15, -0.1) is 5.10 Å². The van der Waals surface area contributed by atoms with Crippen molar-refractivity contribution in [3.63, 3.8) is 0 Å². The van der Waals surface area contributed by atoms with Crippen molar-refractivity contribution in [3.8, 4) is 0 Å². The van der Waals surface area contributed by atoms with Crippen LogP contribution in [0.3, 0.4) is 0 Å². The number of piperidine rings is 1. The molecule has 6 heteroatoms. The number of hydrogen-bond donors (Lipinski definition) is 2. The highest BCUT2D eigenvalue weighted by molar-refractivity contribution is 9.10. The summed E-state index contributed by atoms with van der Waals surface area (Å²) in [5, 5.41) is 11.6. The number of anilines is 1. The Labute approximate surface area is 119 Å². The molecule has 4 rings (SSSR count). The number of hydrogen-bond acceptors (Lipinski definition) is 4. The lowest BCUT2D eigenvalue weighted by Crippen LogP contribution is -2.45. The second-order valence-electron chi connectivity index (χ2n) is 5.49. The predicted octanol–water partition coefficient (Wildman–Crippen LogP) is 1.90. The van der Waals surface area contributed by atoms with E-state index in [1.54, 1.807) is 0 Å². The van der Waals surface area contributed by atoms with E-state index in [0.29, 0.717) is 17.9 Å². The van der Waals surface area contributed by atoms with Gasteiger partial charge < -0.3 is 10.6 Å². The average molecular weight is 322 g/mol. The van der Waals surface area contributed by atoms with Crippen LogP contribution in [0.25, 0.3) is 5.65 Å². The van der Waals surface area contributed by atoms with Gasteiger partial charge >= 0.3 is 0 Å². The molecule has 0 radical (unpaired) electrons. The molecule has 0 amide bonds. The minimum Gasteiger partial charge on any atom is -0.350 e. The largest absolute Gasteiger partial charge is 0.350 e. The molecule has 3 atom stereocenters. The molecule has 100 valence electrons. The molecule has 5 nitrogen and oxygen atoms in total. The van der Waals surface area contributed by atoms with Gasteiger partial charge in [0.05, 0.1) is 4.47 Å². The summed E-state index contributed by atoms with van der Waals surface area (Å²) < 4.78 is 2.79. The lowest BCUT2D eigenvalue weighted by Gasteiger charge is -2.30. The fourth-order valence-electron chi connectivity index (χ4n) is 3.40. The van der Waals surface area contributed by atoms with Crippen LogP contribution in [0, 0.1) is 11.8 Å². The maximum atomic E-state index is 4.58. The number of aromatic nitrogens is 3. The zero-order chi connectivity index (χ0) is 12.8. The molecule has 1 saturated carbocycles. The molecule has 2 aromatic heterocycles. The van der Waals surface area contributed by atoms with Crippen molar-refractivity contribution in [2.75, 3.05) is 18.4 Å². The number of rotatable bonds is 2. The fourth-order valence-corrected chi connectivity index (χ4v) is 3.83. The highest BCUT2D eigenvalue weighted by atomic mass is 79.9.